The lowest BCUT2D eigenvalue weighted by atomic mass is 10.1. The van der Waals surface area contributed by atoms with Crippen LogP contribution in [0.3, 0.4) is 0 Å². The number of carbonyl (C=O) groups excluding carboxylic acids is 1. The van der Waals surface area contributed by atoms with Crippen LogP contribution in [0, 0.1) is 5.92 Å². The molecule has 1 aliphatic heterocycles. The van der Waals surface area contributed by atoms with Gasteiger partial charge in [-0.05, 0) is 38.1 Å². The van der Waals surface area contributed by atoms with E-state index in [1.807, 2.05) is 38.1 Å². The van der Waals surface area contributed by atoms with E-state index in [9.17, 15) is 9.90 Å². The second-order valence-corrected chi connectivity index (χ2v) is 7.28. The van der Waals surface area contributed by atoms with E-state index in [1.54, 1.807) is 5.38 Å². The Labute approximate surface area is 163 Å². The zero-order valence-corrected chi connectivity index (χ0v) is 16.4. The SMILES string of the molecule is CC(C)Oc1ccc(-c2nc(C(=O)NCC3CNCC3O)cs2)cc1.Cl. The van der Waals surface area contributed by atoms with Crippen LogP contribution in [0.2, 0.25) is 0 Å². The van der Waals surface area contributed by atoms with Gasteiger partial charge in [-0.15, -0.1) is 23.7 Å². The zero-order chi connectivity index (χ0) is 17.8. The molecule has 142 valence electrons. The Kier molecular flexibility index (Phi) is 7.40. The van der Waals surface area contributed by atoms with E-state index in [0.29, 0.717) is 25.3 Å². The summed E-state index contributed by atoms with van der Waals surface area (Å²) in [6, 6.07) is 7.70. The summed E-state index contributed by atoms with van der Waals surface area (Å²) < 4.78 is 5.63. The highest BCUT2D eigenvalue weighted by molar-refractivity contribution is 7.13. The topological polar surface area (TPSA) is 83.5 Å². The van der Waals surface area contributed by atoms with Gasteiger partial charge in [0.2, 0.25) is 0 Å². The van der Waals surface area contributed by atoms with Crippen LogP contribution >= 0.6 is 23.7 Å². The van der Waals surface area contributed by atoms with Gasteiger partial charge in [0.15, 0.2) is 0 Å². The predicted octanol–water partition coefficient (Wildman–Crippen LogP) is 2.33. The van der Waals surface area contributed by atoms with Crippen LogP contribution in [0.4, 0.5) is 0 Å². The number of aromatic nitrogens is 1. The monoisotopic (exact) mass is 397 g/mol. The van der Waals surface area contributed by atoms with Gasteiger partial charge in [0.05, 0.1) is 12.2 Å². The molecule has 1 saturated heterocycles. The number of carbonyl (C=O) groups is 1. The van der Waals surface area contributed by atoms with E-state index in [0.717, 1.165) is 16.3 Å². The van der Waals surface area contributed by atoms with Crippen molar-refractivity contribution in [1.29, 1.82) is 0 Å². The van der Waals surface area contributed by atoms with Crippen molar-refractivity contribution in [3.05, 3.63) is 35.3 Å². The van der Waals surface area contributed by atoms with Crippen LogP contribution in [0.15, 0.2) is 29.6 Å². The first-order valence-electron chi connectivity index (χ1n) is 8.42. The van der Waals surface area contributed by atoms with E-state index >= 15 is 0 Å². The first-order valence-corrected chi connectivity index (χ1v) is 9.30. The summed E-state index contributed by atoms with van der Waals surface area (Å²) in [5, 5.41) is 18.3. The summed E-state index contributed by atoms with van der Waals surface area (Å²) in [6.45, 7) is 5.72. The smallest absolute Gasteiger partial charge is 0.270 e. The van der Waals surface area contributed by atoms with Crippen molar-refractivity contribution in [1.82, 2.24) is 15.6 Å². The number of ether oxygens (including phenoxy) is 1. The molecule has 0 bridgehead atoms. The molecule has 26 heavy (non-hydrogen) atoms. The number of nitrogens with zero attached hydrogens (tertiary/aromatic N) is 1. The summed E-state index contributed by atoms with van der Waals surface area (Å²) in [5.41, 5.74) is 1.36. The minimum absolute atomic E-state index is 0. The van der Waals surface area contributed by atoms with E-state index in [1.165, 1.54) is 11.3 Å². The average molecular weight is 398 g/mol. The van der Waals surface area contributed by atoms with Crippen molar-refractivity contribution in [3.63, 3.8) is 0 Å². The first-order chi connectivity index (χ1) is 12.0. The Balaban J connectivity index is 0.00000243. The summed E-state index contributed by atoms with van der Waals surface area (Å²) in [7, 11) is 0. The largest absolute Gasteiger partial charge is 0.491 e. The molecular weight excluding hydrogens is 374 g/mol. The normalized spacial score (nSPS) is 19.2. The summed E-state index contributed by atoms with van der Waals surface area (Å²) in [5.74, 6) is 0.661. The number of amides is 1. The van der Waals surface area contributed by atoms with Gasteiger partial charge < -0.3 is 20.5 Å². The van der Waals surface area contributed by atoms with Gasteiger partial charge in [-0.1, -0.05) is 0 Å². The molecule has 6 nitrogen and oxygen atoms in total. The Hall–Kier alpha value is -1.67. The lowest BCUT2D eigenvalue weighted by Gasteiger charge is -2.13. The van der Waals surface area contributed by atoms with Gasteiger partial charge in [0.1, 0.15) is 16.5 Å². The molecule has 1 aliphatic rings. The van der Waals surface area contributed by atoms with E-state index < -0.39 is 6.10 Å². The maximum Gasteiger partial charge on any atom is 0.270 e. The average Bonchev–Trinajstić information content (AvgIpc) is 3.22. The second-order valence-electron chi connectivity index (χ2n) is 6.42. The van der Waals surface area contributed by atoms with Gasteiger partial charge in [0.25, 0.3) is 5.91 Å². The van der Waals surface area contributed by atoms with E-state index in [-0.39, 0.29) is 30.3 Å². The van der Waals surface area contributed by atoms with Crippen LogP contribution in [0.25, 0.3) is 10.6 Å². The molecule has 2 aromatic rings. The number of thiazole rings is 1. The molecule has 2 heterocycles. The number of hydrogen-bond donors (Lipinski definition) is 3. The quantitative estimate of drug-likeness (QED) is 0.696. The number of nitrogens with one attached hydrogen (secondary N) is 2. The van der Waals surface area contributed by atoms with Crippen LogP contribution in [-0.2, 0) is 0 Å². The molecule has 3 rings (SSSR count). The third-order valence-electron chi connectivity index (χ3n) is 4.04. The molecule has 0 aliphatic carbocycles. The van der Waals surface area contributed by atoms with Crippen molar-refractivity contribution in [2.24, 2.45) is 5.92 Å². The number of aliphatic hydroxyl groups excluding tert-OH is 1. The van der Waals surface area contributed by atoms with Crippen LogP contribution in [0.1, 0.15) is 24.3 Å². The van der Waals surface area contributed by atoms with Crippen molar-refractivity contribution >= 4 is 29.7 Å². The molecule has 2 unspecified atom stereocenters. The molecule has 0 radical (unpaired) electrons. The van der Waals surface area contributed by atoms with Gasteiger partial charge in [-0.2, -0.15) is 0 Å². The lowest BCUT2D eigenvalue weighted by molar-refractivity contribution is 0.0923. The Bertz CT molecular complexity index is 721. The predicted molar refractivity (Wildman–Crippen MR) is 105 cm³/mol. The molecular formula is C18H24ClN3O3S. The van der Waals surface area contributed by atoms with Crippen LogP contribution < -0.4 is 15.4 Å². The van der Waals surface area contributed by atoms with Crippen LogP contribution in [0.5, 0.6) is 5.75 Å². The lowest BCUT2D eigenvalue weighted by Crippen LogP contribution is -2.34. The van der Waals surface area contributed by atoms with Crippen molar-refractivity contribution in [2.75, 3.05) is 19.6 Å². The highest BCUT2D eigenvalue weighted by Gasteiger charge is 2.25. The molecule has 3 N–H and O–H groups in total. The summed E-state index contributed by atoms with van der Waals surface area (Å²) in [4.78, 5) is 16.7. The van der Waals surface area contributed by atoms with E-state index in [2.05, 4.69) is 15.6 Å². The summed E-state index contributed by atoms with van der Waals surface area (Å²) in [6.07, 6.45) is -0.271. The molecule has 1 amide bonds. The molecule has 2 atom stereocenters. The van der Waals surface area contributed by atoms with Gasteiger partial charge in [-0.3, -0.25) is 4.79 Å². The highest BCUT2D eigenvalue weighted by atomic mass is 35.5. The molecule has 0 spiro atoms. The van der Waals surface area contributed by atoms with Crippen LogP contribution in [-0.4, -0.2) is 47.8 Å². The van der Waals surface area contributed by atoms with Crippen molar-refractivity contribution < 1.29 is 14.6 Å². The number of β-amino-alcohol motifs (C(OH)–C–C–N with tert-alkyl or cyclic N) is 1. The Morgan fingerprint density at radius 1 is 1.38 bits per heavy atom. The van der Waals surface area contributed by atoms with E-state index in [4.69, 9.17) is 4.74 Å². The third kappa shape index (κ3) is 5.17. The van der Waals surface area contributed by atoms with Crippen molar-refractivity contribution in [2.45, 2.75) is 26.1 Å². The minimum Gasteiger partial charge on any atom is -0.491 e. The fraction of sp³-hybridized carbons (Fsp3) is 0.444. The number of rotatable bonds is 6. The van der Waals surface area contributed by atoms with Gasteiger partial charge in [-0.25, -0.2) is 4.98 Å². The number of benzene rings is 1. The Morgan fingerprint density at radius 3 is 2.73 bits per heavy atom. The fourth-order valence-electron chi connectivity index (χ4n) is 2.70. The van der Waals surface area contributed by atoms with Gasteiger partial charge in [0, 0.05) is 36.5 Å². The third-order valence-corrected chi connectivity index (χ3v) is 4.93. The maximum absolute atomic E-state index is 12.2. The number of halogens is 1. The van der Waals surface area contributed by atoms with Crippen molar-refractivity contribution in [3.8, 4) is 16.3 Å². The standard InChI is InChI=1S/C18H23N3O3S.ClH/c1-11(2)24-14-5-3-12(4-6-14)18-21-15(10-25-18)17(23)20-8-13-7-19-9-16(13)22;/h3-6,10-11,13,16,19,22H,7-9H2,1-2H3,(H,20,23);1H. The molecule has 1 fully saturated rings. The minimum atomic E-state index is -0.405. The second kappa shape index (κ2) is 9.32. The maximum atomic E-state index is 12.2. The van der Waals surface area contributed by atoms with Gasteiger partial charge >= 0.3 is 0 Å². The molecule has 1 aromatic carbocycles. The Morgan fingerprint density at radius 2 is 2.12 bits per heavy atom. The molecule has 1 aromatic heterocycles. The molecule has 0 saturated carbocycles. The molecule has 8 heteroatoms. The summed E-state index contributed by atoms with van der Waals surface area (Å²) >= 11 is 1.43. The number of aliphatic hydroxyl groups is 1. The zero-order valence-electron chi connectivity index (χ0n) is 14.8. The first kappa shape index (κ1) is 20.6. The fourth-order valence-corrected chi connectivity index (χ4v) is 3.51. The highest BCUT2D eigenvalue weighted by Crippen LogP contribution is 2.26. The number of hydrogen-bond acceptors (Lipinski definition) is 6.